The molecule has 9 heteroatoms. The molecule has 1 unspecified atom stereocenters. The Bertz CT molecular complexity index is 836. The monoisotopic (exact) mass is 386 g/mol. The van der Waals surface area contributed by atoms with Crippen molar-refractivity contribution in [1.29, 1.82) is 0 Å². The fourth-order valence-corrected chi connectivity index (χ4v) is 3.60. The Morgan fingerprint density at radius 2 is 2.07 bits per heavy atom. The number of imide groups is 1. The first-order valence-electron chi connectivity index (χ1n) is 9.39. The summed E-state index contributed by atoms with van der Waals surface area (Å²) in [6.45, 7) is 2.71. The lowest BCUT2D eigenvalue weighted by molar-refractivity contribution is -0.136. The summed E-state index contributed by atoms with van der Waals surface area (Å²) in [5.74, 6) is -0.587. The second-order valence-corrected chi connectivity index (χ2v) is 7.37. The Kier molecular flexibility index (Phi) is 4.99. The maximum Gasteiger partial charge on any atom is 0.407 e. The Morgan fingerprint density at radius 1 is 1.25 bits per heavy atom. The molecule has 2 fully saturated rings. The third-order valence-corrected chi connectivity index (χ3v) is 5.35. The molecule has 0 aromatic heterocycles. The van der Waals surface area contributed by atoms with Gasteiger partial charge in [0.1, 0.15) is 6.04 Å². The van der Waals surface area contributed by atoms with Gasteiger partial charge in [-0.2, -0.15) is 0 Å². The van der Waals surface area contributed by atoms with E-state index in [4.69, 9.17) is 4.74 Å². The number of hydrogen-bond acceptors (Lipinski definition) is 6. The van der Waals surface area contributed by atoms with Crippen LogP contribution in [0.3, 0.4) is 0 Å². The van der Waals surface area contributed by atoms with E-state index in [1.54, 1.807) is 6.07 Å². The minimum atomic E-state index is -0.629. The summed E-state index contributed by atoms with van der Waals surface area (Å²) in [5.41, 5.74) is 2.14. The molecule has 0 radical (unpaired) electrons. The van der Waals surface area contributed by atoms with Gasteiger partial charge in [0.25, 0.3) is 5.91 Å². The van der Waals surface area contributed by atoms with Gasteiger partial charge in [-0.3, -0.25) is 19.7 Å². The molecule has 0 aliphatic carbocycles. The van der Waals surface area contributed by atoms with Gasteiger partial charge in [-0.25, -0.2) is 4.79 Å². The molecule has 0 saturated carbocycles. The van der Waals surface area contributed by atoms with Crippen LogP contribution < -0.4 is 16.0 Å². The summed E-state index contributed by atoms with van der Waals surface area (Å²) in [6, 6.07) is 4.78. The van der Waals surface area contributed by atoms with Gasteiger partial charge in [0.05, 0.1) is 6.61 Å². The first-order chi connectivity index (χ1) is 13.5. The van der Waals surface area contributed by atoms with Crippen molar-refractivity contribution in [2.75, 3.05) is 19.7 Å². The third-order valence-electron chi connectivity index (χ3n) is 5.35. The summed E-state index contributed by atoms with van der Waals surface area (Å²) in [5, 5.41) is 8.09. The molecule has 1 aromatic carbocycles. The van der Waals surface area contributed by atoms with E-state index in [0.717, 1.165) is 24.2 Å². The Labute approximate surface area is 161 Å². The molecule has 2 saturated heterocycles. The molecule has 3 heterocycles. The fourth-order valence-electron chi connectivity index (χ4n) is 3.60. The van der Waals surface area contributed by atoms with Gasteiger partial charge in [0.2, 0.25) is 11.8 Å². The van der Waals surface area contributed by atoms with E-state index in [9.17, 15) is 19.2 Å². The number of amides is 4. The zero-order valence-corrected chi connectivity index (χ0v) is 15.3. The molecule has 3 aliphatic heterocycles. The number of carbonyl (C=O) groups is 4. The smallest absolute Gasteiger partial charge is 0.407 e. The van der Waals surface area contributed by atoms with Crippen molar-refractivity contribution in [3.8, 4) is 0 Å². The van der Waals surface area contributed by atoms with Crippen LogP contribution in [0.25, 0.3) is 0 Å². The molecule has 0 bridgehead atoms. The average molecular weight is 386 g/mol. The predicted molar refractivity (Wildman–Crippen MR) is 97.0 cm³/mol. The molecular formula is C19H22N4O5. The van der Waals surface area contributed by atoms with Gasteiger partial charge in [0, 0.05) is 44.1 Å². The van der Waals surface area contributed by atoms with E-state index in [1.807, 2.05) is 12.1 Å². The van der Waals surface area contributed by atoms with Crippen LogP contribution in [0.4, 0.5) is 4.79 Å². The topological polar surface area (TPSA) is 117 Å². The van der Waals surface area contributed by atoms with Crippen molar-refractivity contribution in [3.63, 3.8) is 0 Å². The average Bonchev–Trinajstić information content (AvgIpc) is 2.95. The summed E-state index contributed by atoms with van der Waals surface area (Å²) in [6.07, 6.45) is 0.0789. The summed E-state index contributed by atoms with van der Waals surface area (Å²) < 4.78 is 5.16. The summed E-state index contributed by atoms with van der Waals surface area (Å²) in [4.78, 5) is 49.5. The molecule has 28 heavy (non-hydrogen) atoms. The van der Waals surface area contributed by atoms with Crippen LogP contribution in [0.5, 0.6) is 0 Å². The molecule has 4 amide bonds. The first kappa shape index (κ1) is 18.4. The highest BCUT2D eigenvalue weighted by Gasteiger charge is 2.39. The van der Waals surface area contributed by atoms with Gasteiger partial charge in [-0.05, 0) is 23.6 Å². The second kappa shape index (κ2) is 7.59. The number of rotatable bonds is 5. The van der Waals surface area contributed by atoms with E-state index in [0.29, 0.717) is 31.1 Å². The van der Waals surface area contributed by atoms with Crippen LogP contribution in [0.2, 0.25) is 0 Å². The number of alkyl carbamates (subject to hydrolysis) is 1. The SMILES string of the molecule is O=C1CCC(N2Cc3ccc(CNC(=O)OCC4CNC4)cc3C2=O)C(=O)N1. The van der Waals surface area contributed by atoms with Gasteiger partial charge >= 0.3 is 6.09 Å². The molecule has 4 rings (SSSR count). The van der Waals surface area contributed by atoms with Crippen molar-refractivity contribution in [2.45, 2.75) is 32.0 Å². The molecule has 9 nitrogen and oxygen atoms in total. The van der Waals surface area contributed by atoms with E-state index in [1.165, 1.54) is 4.90 Å². The van der Waals surface area contributed by atoms with Gasteiger partial charge in [-0.15, -0.1) is 0 Å². The molecular weight excluding hydrogens is 364 g/mol. The minimum Gasteiger partial charge on any atom is -0.449 e. The Balaban J connectivity index is 1.35. The van der Waals surface area contributed by atoms with Crippen molar-refractivity contribution in [3.05, 3.63) is 34.9 Å². The van der Waals surface area contributed by atoms with Crippen LogP contribution in [0, 0.1) is 5.92 Å². The van der Waals surface area contributed by atoms with E-state index in [-0.39, 0.29) is 24.8 Å². The largest absolute Gasteiger partial charge is 0.449 e. The van der Waals surface area contributed by atoms with E-state index < -0.39 is 18.0 Å². The highest BCUT2D eigenvalue weighted by Crippen LogP contribution is 2.28. The van der Waals surface area contributed by atoms with E-state index in [2.05, 4.69) is 16.0 Å². The van der Waals surface area contributed by atoms with Crippen molar-refractivity contribution < 1.29 is 23.9 Å². The Morgan fingerprint density at radius 3 is 2.79 bits per heavy atom. The number of nitrogens with zero attached hydrogens (tertiary/aromatic N) is 1. The molecule has 3 aliphatic rings. The first-order valence-corrected chi connectivity index (χ1v) is 9.39. The lowest BCUT2D eigenvalue weighted by Gasteiger charge is -2.29. The minimum absolute atomic E-state index is 0.227. The maximum absolute atomic E-state index is 12.8. The summed E-state index contributed by atoms with van der Waals surface area (Å²) >= 11 is 0. The summed E-state index contributed by atoms with van der Waals surface area (Å²) in [7, 11) is 0. The standard InChI is InChI=1S/C19H22N4O5/c24-16-4-3-15(17(25)22-16)23-9-13-2-1-11(5-14(13)18(23)26)8-21-19(27)28-10-12-6-20-7-12/h1-2,5,12,15,20H,3-4,6-10H2,(H,21,27)(H,22,24,25). The van der Waals surface area contributed by atoms with Gasteiger partial charge < -0.3 is 20.3 Å². The number of nitrogens with one attached hydrogen (secondary N) is 3. The number of fused-ring (bicyclic) bond motifs is 1. The zero-order valence-electron chi connectivity index (χ0n) is 15.3. The van der Waals surface area contributed by atoms with Crippen LogP contribution in [-0.4, -0.2) is 54.5 Å². The lowest BCUT2D eigenvalue weighted by Crippen LogP contribution is -2.52. The Hall–Kier alpha value is -2.94. The van der Waals surface area contributed by atoms with Crippen molar-refractivity contribution >= 4 is 23.8 Å². The highest BCUT2D eigenvalue weighted by molar-refractivity contribution is 6.05. The van der Waals surface area contributed by atoms with Gasteiger partial charge in [0.15, 0.2) is 0 Å². The van der Waals surface area contributed by atoms with Crippen molar-refractivity contribution in [1.82, 2.24) is 20.9 Å². The molecule has 1 aromatic rings. The van der Waals surface area contributed by atoms with Crippen LogP contribution in [0.1, 0.15) is 34.3 Å². The lowest BCUT2D eigenvalue weighted by atomic mass is 10.0. The zero-order chi connectivity index (χ0) is 19.7. The quantitative estimate of drug-likeness (QED) is 0.608. The number of hydrogen-bond donors (Lipinski definition) is 3. The molecule has 0 spiro atoms. The second-order valence-electron chi connectivity index (χ2n) is 7.37. The number of ether oxygens (including phenoxy) is 1. The normalized spacial score (nSPS) is 21.8. The third kappa shape index (κ3) is 3.70. The van der Waals surface area contributed by atoms with Crippen LogP contribution in [0.15, 0.2) is 18.2 Å². The number of piperidine rings is 1. The number of benzene rings is 1. The van der Waals surface area contributed by atoms with E-state index >= 15 is 0 Å². The number of carbonyl (C=O) groups excluding carboxylic acids is 4. The van der Waals surface area contributed by atoms with Crippen LogP contribution >= 0.6 is 0 Å². The predicted octanol–water partition coefficient (Wildman–Crippen LogP) is -0.107. The molecule has 148 valence electrons. The fraction of sp³-hybridized carbons (Fsp3) is 0.474. The van der Waals surface area contributed by atoms with Crippen molar-refractivity contribution in [2.24, 2.45) is 5.92 Å². The highest BCUT2D eigenvalue weighted by atomic mass is 16.5. The molecule has 3 N–H and O–H groups in total. The van der Waals surface area contributed by atoms with Crippen LogP contribution in [-0.2, 0) is 27.4 Å². The van der Waals surface area contributed by atoms with Gasteiger partial charge in [-0.1, -0.05) is 12.1 Å². The maximum atomic E-state index is 12.8. The molecule has 1 atom stereocenters.